The number of unbranched alkanes of at least 4 members (excludes halogenated alkanes) is 1. The Hall–Kier alpha value is -3.45. The average Bonchev–Trinajstić information content (AvgIpc) is 2.82. The first-order valence-corrected chi connectivity index (χ1v) is 10.8. The largest absolute Gasteiger partial charge is 0.455 e. The van der Waals surface area contributed by atoms with Crippen LogP contribution in [0.25, 0.3) is 0 Å². The number of carbonyl (C=O) groups is 2. The van der Waals surface area contributed by atoms with Crippen LogP contribution >= 0.6 is 12.8 Å². The maximum Gasteiger partial charge on any atom is 0.329 e. The Morgan fingerprint density at radius 1 is 0.906 bits per heavy atom. The number of hydrogen-bond acceptors (Lipinski definition) is 5. The Labute approximate surface area is 193 Å². The number of ketones is 1. The molecule has 0 saturated carbocycles. The van der Waals surface area contributed by atoms with Gasteiger partial charge in [0.2, 0.25) is 6.29 Å². The number of rotatable bonds is 10. The molecule has 0 aliphatic heterocycles. The summed E-state index contributed by atoms with van der Waals surface area (Å²) in [6, 6.07) is 22.4. The summed E-state index contributed by atoms with van der Waals surface area (Å²) in [6.45, 7) is 2.09. The fourth-order valence-electron chi connectivity index (χ4n) is 3.10. The average molecular weight is 451 g/mol. The molecule has 0 fully saturated rings. The summed E-state index contributed by atoms with van der Waals surface area (Å²) in [4.78, 5) is 24.2. The van der Waals surface area contributed by atoms with Gasteiger partial charge in [0.05, 0.1) is 5.69 Å². The molecular weight excluding hydrogens is 424 g/mol. The van der Waals surface area contributed by atoms with E-state index >= 15 is 0 Å². The summed E-state index contributed by atoms with van der Waals surface area (Å²) in [5.74, 6) is 0.979. The minimum atomic E-state index is -0.691. The van der Waals surface area contributed by atoms with E-state index in [1.807, 2.05) is 18.2 Å². The van der Waals surface area contributed by atoms with Crippen molar-refractivity contribution in [3.8, 4) is 11.5 Å². The minimum absolute atomic E-state index is 0.0740. The molecule has 2 N–H and O–H groups in total. The molecule has 3 aromatic carbocycles. The van der Waals surface area contributed by atoms with Crippen LogP contribution in [-0.4, -0.2) is 18.1 Å². The number of ether oxygens (including phenoxy) is 2. The smallest absolute Gasteiger partial charge is 0.329 e. The monoisotopic (exact) mass is 450 g/mol. The minimum Gasteiger partial charge on any atom is -0.455 e. The quantitative estimate of drug-likeness (QED) is 0.239. The fraction of sp³-hybridized carbons (Fsp3) is 0.200. The van der Waals surface area contributed by atoms with E-state index in [1.54, 1.807) is 60.7 Å². The van der Waals surface area contributed by atoms with Gasteiger partial charge >= 0.3 is 6.03 Å². The second-order valence-electron chi connectivity index (χ2n) is 7.18. The molecule has 0 aromatic heterocycles. The number of benzene rings is 3. The van der Waals surface area contributed by atoms with Crippen molar-refractivity contribution in [1.29, 1.82) is 0 Å². The summed E-state index contributed by atoms with van der Waals surface area (Å²) in [5, 5.41) is 0. The topological polar surface area (TPSA) is 81.9 Å². The first-order valence-electron chi connectivity index (χ1n) is 10.4. The van der Waals surface area contributed by atoms with Gasteiger partial charge in [0, 0.05) is 23.6 Å². The lowest BCUT2D eigenvalue weighted by Gasteiger charge is -2.22. The van der Waals surface area contributed by atoms with E-state index in [0.717, 1.165) is 17.1 Å². The molecule has 166 valence electrons. The van der Waals surface area contributed by atoms with Gasteiger partial charge < -0.3 is 15.2 Å². The molecule has 0 aliphatic carbocycles. The van der Waals surface area contributed by atoms with E-state index in [1.165, 1.54) is 0 Å². The summed E-state index contributed by atoms with van der Waals surface area (Å²) < 4.78 is 13.2. The van der Waals surface area contributed by atoms with Gasteiger partial charge in [-0.2, -0.15) is 0 Å². The number of carbonyl (C=O) groups excluding carboxylic acids is 2. The molecule has 0 aliphatic rings. The number of primary amides is 1. The van der Waals surface area contributed by atoms with E-state index in [-0.39, 0.29) is 5.78 Å². The SMILES string of the molecule is CCCCC(Oc1cccc(C(=O)c2ccccc2)c1)Oc1cccc(N(S)C(N)=O)c1. The number of anilines is 1. The Bertz CT molecular complexity index is 1060. The van der Waals surface area contributed by atoms with Crippen LogP contribution in [0.2, 0.25) is 0 Å². The van der Waals surface area contributed by atoms with Crippen molar-refractivity contribution in [2.24, 2.45) is 5.73 Å². The molecule has 1 atom stereocenters. The Kier molecular flexibility index (Phi) is 8.16. The predicted octanol–water partition coefficient (Wildman–Crippen LogP) is 5.62. The fourth-order valence-corrected chi connectivity index (χ4v) is 3.22. The second kappa shape index (κ2) is 11.2. The lowest BCUT2D eigenvalue weighted by molar-refractivity contribution is -0.00212. The maximum atomic E-state index is 12.8. The third-order valence-electron chi connectivity index (χ3n) is 4.73. The first kappa shape index (κ1) is 23.2. The number of hydrogen-bond donors (Lipinski definition) is 2. The van der Waals surface area contributed by atoms with E-state index < -0.39 is 12.3 Å². The molecule has 0 heterocycles. The number of urea groups is 1. The van der Waals surface area contributed by atoms with E-state index in [0.29, 0.717) is 34.7 Å². The van der Waals surface area contributed by atoms with Crippen LogP contribution in [-0.2, 0) is 0 Å². The number of amides is 2. The van der Waals surface area contributed by atoms with Crippen molar-refractivity contribution in [3.63, 3.8) is 0 Å². The lowest BCUT2D eigenvalue weighted by Crippen LogP contribution is -2.27. The van der Waals surface area contributed by atoms with Gasteiger partial charge in [0.25, 0.3) is 0 Å². The van der Waals surface area contributed by atoms with Crippen LogP contribution in [0, 0.1) is 0 Å². The van der Waals surface area contributed by atoms with Gasteiger partial charge in [-0.25, -0.2) is 9.10 Å². The Balaban J connectivity index is 1.77. The van der Waals surface area contributed by atoms with E-state index in [2.05, 4.69) is 19.7 Å². The molecule has 2 amide bonds. The zero-order valence-corrected chi connectivity index (χ0v) is 18.7. The molecule has 6 nitrogen and oxygen atoms in total. The molecule has 3 aromatic rings. The van der Waals surface area contributed by atoms with Crippen molar-refractivity contribution >= 4 is 30.3 Å². The van der Waals surface area contributed by atoms with Gasteiger partial charge in [-0.15, -0.1) is 0 Å². The van der Waals surface area contributed by atoms with E-state index in [9.17, 15) is 9.59 Å². The maximum absolute atomic E-state index is 12.8. The highest BCUT2D eigenvalue weighted by atomic mass is 32.1. The molecule has 3 rings (SSSR count). The van der Waals surface area contributed by atoms with Crippen LogP contribution in [0.1, 0.15) is 42.1 Å². The summed E-state index contributed by atoms with van der Waals surface area (Å²) in [6.07, 6.45) is 1.95. The molecule has 7 heteroatoms. The van der Waals surface area contributed by atoms with Crippen molar-refractivity contribution in [2.75, 3.05) is 4.31 Å². The molecule has 1 unspecified atom stereocenters. The molecule has 32 heavy (non-hydrogen) atoms. The number of thiol groups is 1. The van der Waals surface area contributed by atoms with Crippen LogP contribution in [0.4, 0.5) is 10.5 Å². The Morgan fingerprint density at radius 2 is 1.53 bits per heavy atom. The summed E-state index contributed by atoms with van der Waals surface area (Å²) >= 11 is 4.09. The third kappa shape index (κ3) is 6.28. The third-order valence-corrected chi connectivity index (χ3v) is 5.16. The molecule has 0 spiro atoms. The van der Waals surface area contributed by atoms with Crippen molar-refractivity contribution in [3.05, 3.63) is 90.0 Å². The molecule has 0 radical (unpaired) electrons. The van der Waals surface area contributed by atoms with Gasteiger partial charge in [0.15, 0.2) is 5.78 Å². The van der Waals surface area contributed by atoms with Crippen LogP contribution in [0.3, 0.4) is 0 Å². The number of nitrogens with two attached hydrogens (primary N) is 1. The molecular formula is C25H26N2O4S. The van der Waals surface area contributed by atoms with Crippen LogP contribution in [0.15, 0.2) is 78.9 Å². The second-order valence-corrected chi connectivity index (χ2v) is 7.58. The summed E-state index contributed by atoms with van der Waals surface area (Å²) in [5.41, 5.74) is 6.93. The number of nitrogens with zero attached hydrogens (tertiary/aromatic N) is 1. The normalized spacial score (nSPS) is 11.4. The van der Waals surface area contributed by atoms with Gasteiger partial charge in [-0.05, 0) is 30.7 Å². The van der Waals surface area contributed by atoms with Gasteiger partial charge in [0.1, 0.15) is 11.5 Å². The zero-order valence-electron chi connectivity index (χ0n) is 17.8. The summed E-state index contributed by atoms with van der Waals surface area (Å²) in [7, 11) is 0. The van der Waals surface area contributed by atoms with Crippen LogP contribution < -0.4 is 19.5 Å². The highest BCUT2D eigenvalue weighted by molar-refractivity contribution is 7.82. The molecule has 0 saturated heterocycles. The van der Waals surface area contributed by atoms with Gasteiger partial charge in [-0.3, -0.25) is 4.79 Å². The van der Waals surface area contributed by atoms with Crippen molar-refractivity contribution in [1.82, 2.24) is 0 Å². The highest BCUT2D eigenvalue weighted by Crippen LogP contribution is 2.26. The predicted molar refractivity (Wildman–Crippen MR) is 128 cm³/mol. The lowest BCUT2D eigenvalue weighted by atomic mass is 10.0. The highest BCUT2D eigenvalue weighted by Gasteiger charge is 2.16. The first-order chi connectivity index (χ1) is 15.5. The van der Waals surface area contributed by atoms with Crippen molar-refractivity contribution < 1.29 is 19.1 Å². The Morgan fingerprint density at radius 3 is 2.19 bits per heavy atom. The zero-order chi connectivity index (χ0) is 22.9. The van der Waals surface area contributed by atoms with Gasteiger partial charge in [-0.1, -0.05) is 74.7 Å². The van der Waals surface area contributed by atoms with E-state index in [4.69, 9.17) is 15.2 Å². The van der Waals surface area contributed by atoms with Crippen LogP contribution in [0.5, 0.6) is 11.5 Å². The molecule has 0 bridgehead atoms. The van der Waals surface area contributed by atoms with Crippen molar-refractivity contribution in [2.45, 2.75) is 32.5 Å². The standard InChI is InChI=1S/C25H26N2O4S/c1-2-3-15-23(31-22-14-8-12-20(17-22)27(32)25(26)29)30-21-13-7-11-19(16-21)24(28)18-9-5-4-6-10-18/h4-14,16-17,23,32H,2-3,15H2,1H3,(H2,26,29).